The van der Waals surface area contributed by atoms with Crippen LogP contribution in [0.25, 0.3) is 0 Å². The lowest BCUT2D eigenvalue weighted by Crippen LogP contribution is -2.25. The molecule has 0 aromatic carbocycles. The molecule has 0 aromatic heterocycles. The van der Waals surface area contributed by atoms with Gasteiger partial charge in [0.05, 0.1) is 6.61 Å². The molecule has 0 fully saturated rings. The van der Waals surface area contributed by atoms with E-state index in [1.54, 1.807) is 0 Å². The second-order valence-electron chi connectivity index (χ2n) is 3.73. The van der Waals surface area contributed by atoms with Crippen LogP contribution in [0.1, 0.15) is 45.4 Å². The molecule has 0 radical (unpaired) electrons. The zero-order valence-electron chi connectivity index (χ0n) is 9.37. The van der Waals surface area contributed by atoms with Crippen LogP contribution in [-0.2, 0) is 4.74 Å². The Kier molecular flexibility index (Phi) is 10.9. The van der Waals surface area contributed by atoms with E-state index in [1.165, 1.54) is 12.8 Å². The van der Waals surface area contributed by atoms with E-state index < -0.39 is 0 Å². The Morgan fingerprint density at radius 1 is 1.14 bits per heavy atom. The number of aliphatic hydroxyl groups excluding tert-OH is 1. The predicted octanol–water partition coefficient (Wildman–Crippen LogP) is 1.68. The summed E-state index contributed by atoms with van der Waals surface area (Å²) in [6.07, 6.45) is 6.55. The van der Waals surface area contributed by atoms with Crippen molar-refractivity contribution in [3.8, 4) is 0 Å². The highest BCUT2D eigenvalue weighted by molar-refractivity contribution is 4.55. The zero-order valence-corrected chi connectivity index (χ0v) is 9.37. The van der Waals surface area contributed by atoms with Gasteiger partial charge in [0.2, 0.25) is 0 Å². The first-order valence-electron chi connectivity index (χ1n) is 5.75. The Morgan fingerprint density at radius 3 is 2.43 bits per heavy atom. The molecule has 3 heteroatoms. The molecule has 3 N–H and O–H groups in total. The fourth-order valence-electron chi connectivity index (χ4n) is 1.20. The standard InChI is InChI=1S/C11H25NO2/c1-2-11(12)10-14-9-7-5-3-4-6-8-13/h11,13H,2-10,12H2,1H3. The normalized spacial score (nSPS) is 13.1. The lowest BCUT2D eigenvalue weighted by Gasteiger charge is -2.09. The fraction of sp³-hybridized carbons (Fsp3) is 1.00. The number of unbranched alkanes of at least 4 members (excludes halogenated alkanes) is 4. The Labute approximate surface area is 87.6 Å². The molecule has 0 rings (SSSR count). The number of aliphatic hydroxyl groups is 1. The summed E-state index contributed by atoms with van der Waals surface area (Å²) in [6, 6.07) is 0.199. The van der Waals surface area contributed by atoms with Gasteiger partial charge in [-0.25, -0.2) is 0 Å². The summed E-state index contributed by atoms with van der Waals surface area (Å²) >= 11 is 0. The molecule has 86 valence electrons. The van der Waals surface area contributed by atoms with Crippen molar-refractivity contribution in [3.05, 3.63) is 0 Å². The first-order chi connectivity index (χ1) is 6.81. The maximum absolute atomic E-state index is 8.56. The molecule has 0 spiro atoms. The lowest BCUT2D eigenvalue weighted by molar-refractivity contribution is 0.116. The fourth-order valence-corrected chi connectivity index (χ4v) is 1.20. The Morgan fingerprint density at radius 2 is 1.79 bits per heavy atom. The van der Waals surface area contributed by atoms with E-state index in [4.69, 9.17) is 15.6 Å². The molecule has 0 amide bonds. The molecule has 0 aliphatic heterocycles. The molecule has 0 heterocycles. The van der Waals surface area contributed by atoms with Crippen LogP contribution in [0.2, 0.25) is 0 Å². The predicted molar refractivity (Wildman–Crippen MR) is 59.3 cm³/mol. The number of nitrogens with two attached hydrogens (primary N) is 1. The summed E-state index contributed by atoms with van der Waals surface area (Å²) in [7, 11) is 0. The molecule has 0 aliphatic rings. The van der Waals surface area contributed by atoms with Crippen LogP contribution in [0.15, 0.2) is 0 Å². The Bertz CT molecular complexity index is 109. The van der Waals surface area contributed by atoms with Crippen molar-refractivity contribution in [1.29, 1.82) is 0 Å². The van der Waals surface area contributed by atoms with E-state index in [9.17, 15) is 0 Å². The number of rotatable bonds is 10. The Balaban J connectivity index is 2.92. The molecule has 0 bridgehead atoms. The maximum Gasteiger partial charge on any atom is 0.0617 e. The Hall–Kier alpha value is -0.120. The maximum atomic E-state index is 8.56. The van der Waals surface area contributed by atoms with E-state index in [0.717, 1.165) is 32.3 Å². The van der Waals surface area contributed by atoms with Crippen molar-refractivity contribution in [2.45, 2.75) is 51.5 Å². The third-order valence-electron chi connectivity index (χ3n) is 2.30. The third kappa shape index (κ3) is 9.96. The van der Waals surface area contributed by atoms with Crippen molar-refractivity contribution in [2.24, 2.45) is 5.73 Å². The number of hydrogen-bond acceptors (Lipinski definition) is 3. The summed E-state index contributed by atoms with van der Waals surface area (Å²) in [5.41, 5.74) is 5.70. The van der Waals surface area contributed by atoms with Gasteiger partial charge in [0.15, 0.2) is 0 Å². The lowest BCUT2D eigenvalue weighted by atomic mass is 10.1. The van der Waals surface area contributed by atoms with Gasteiger partial charge in [0.1, 0.15) is 0 Å². The van der Waals surface area contributed by atoms with Gasteiger partial charge in [-0.15, -0.1) is 0 Å². The van der Waals surface area contributed by atoms with Gasteiger partial charge in [-0.2, -0.15) is 0 Å². The highest BCUT2D eigenvalue weighted by Gasteiger charge is 1.97. The van der Waals surface area contributed by atoms with Gasteiger partial charge >= 0.3 is 0 Å². The van der Waals surface area contributed by atoms with E-state index in [1.807, 2.05) is 0 Å². The smallest absolute Gasteiger partial charge is 0.0617 e. The monoisotopic (exact) mass is 203 g/mol. The van der Waals surface area contributed by atoms with E-state index >= 15 is 0 Å². The molecular weight excluding hydrogens is 178 g/mol. The van der Waals surface area contributed by atoms with Gasteiger partial charge in [-0.3, -0.25) is 0 Å². The van der Waals surface area contributed by atoms with Gasteiger partial charge in [-0.05, 0) is 19.3 Å². The molecule has 0 saturated heterocycles. The second kappa shape index (κ2) is 11.0. The van der Waals surface area contributed by atoms with Crippen molar-refractivity contribution in [3.63, 3.8) is 0 Å². The van der Waals surface area contributed by atoms with E-state index in [2.05, 4.69) is 6.92 Å². The van der Waals surface area contributed by atoms with Crippen LogP contribution in [0.4, 0.5) is 0 Å². The minimum Gasteiger partial charge on any atom is -0.396 e. The van der Waals surface area contributed by atoms with Crippen molar-refractivity contribution in [2.75, 3.05) is 19.8 Å². The summed E-state index contributed by atoms with van der Waals surface area (Å²) in [4.78, 5) is 0. The average molecular weight is 203 g/mol. The zero-order chi connectivity index (χ0) is 10.6. The summed E-state index contributed by atoms with van der Waals surface area (Å²) in [5, 5.41) is 8.56. The topological polar surface area (TPSA) is 55.5 Å². The molecule has 1 atom stereocenters. The van der Waals surface area contributed by atoms with Crippen molar-refractivity contribution < 1.29 is 9.84 Å². The number of ether oxygens (including phenoxy) is 1. The minimum atomic E-state index is 0.199. The molecule has 0 aromatic rings. The molecule has 3 nitrogen and oxygen atoms in total. The van der Waals surface area contributed by atoms with Gasteiger partial charge in [0.25, 0.3) is 0 Å². The van der Waals surface area contributed by atoms with Crippen LogP contribution >= 0.6 is 0 Å². The van der Waals surface area contributed by atoms with Crippen molar-refractivity contribution in [1.82, 2.24) is 0 Å². The van der Waals surface area contributed by atoms with Crippen LogP contribution < -0.4 is 5.73 Å². The molecular formula is C11H25NO2. The molecule has 1 unspecified atom stereocenters. The van der Waals surface area contributed by atoms with Crippen molar-refractivity contribution >= 4 is 0 Å². The summed E-state index contributed by atoms with van der Waals surface area (Å²) in [5.74, 6) is 0. The van der Waals surface area contributed by atoms with Gasteiger partial charge < -0.3 is 15.6 Å². The second-order valence-corrected chi connectivity index (χ2v) is 3.73. The van der Waals surface area contributed by atoms with Crippen LogP contribution in [0, 0.1) is 0 Å². The SMILES string of the molecule is CCC(N)COCCCCCCCO. The van der Waals surface area contributed by atoms with Crippen LogP contribution in [0.3, 0.4) is 0 Å². The summed E-state index contributed by atoms with van der Waals surface area (Å²) in [6.45, 7) is 3.91. The van der Waals surface area contributed by atoms with Gasteiger partial charge in [0, 0.05) is 19.3 Å². The van der Waals surface area contributed by atoms with Crippen LogP contribution in [0.5, 0.6) is 0 Å². The summed E-state index contributed by atoms with van der Waals surface area (Å²) < 4.78 is 5.42. The van der Waals surface area contributed by atoms with Crippen LogP contribution in [-0.4, -0.2) is 31.0 Å². The quantitative estimate of drug-likeness (QED) is 0.531. The highest BCUT2D eigenvalue weighted by atomic mass is 16.5. The third-order valence-corrected chi connectivity index (χ3v) is 2.30. The largest absolute Gasteiger partial charge is 0.396 e. The molecule has 0 saturated carbocycles. The van der Waals surface area contributed by atoms with E-state index in [0.29, 0.717) is 13.2 Å². The minimum absolute atomic E-state index is 0.199. The first-order valence-corrected chi connectivity index (χ1v) is 5.75. The molecule has 14 heavy (non-hydrogen) atoms. The average Bonchev–Trinajstić information content (AvgIpc) is 2.21. The first kappa shape index (κ1) is 13.9. The number of hydrogen-bond donors (Lipinski definition) is 2. The van der Waals surface area contributed by atoms with Gasteiger partial charge in [-0.1, -0.05) is 26.2 Å². The highest BCUT2D eigenvalue weighted by Crippen LogP contribution is 2.02. The van der Waals surface area contributed by atoms with E-state index in [-0.39, 0.29) is 6.04 Å². The molecule has 0 aliphatic carbocycles.